The third-order valence-electron chi connectivity index (χ3n) is 3.97. The van der Waals surface area contributed by atoms with Crippen LogP contribution in [0.3, 0.4) is 0 Å². The lowest BCUT2D eigenvalue weighted by molar-refractivity contribution is -0.113. The Kier molecular flexibility index (Phi) is 7.31. The van der Waals surface area contributed by atoms with Gasteiger partial charge in [-0.25, -0.2) is 4.98 Å². The lowest BCUT2D eigenvalue weighted by Crippen LogP contribution is -2.14. The van der Waals surface area contributed by atoms with Crippen LogP contribution in [-0.2, 0) is 4.79 Å². The largest absolute Gasteiger partial charge is 0.493 e. The summed E-state index contributed by atoms with van der Waals surface area (Å²) >= 11 is 2.77. The molecule has 0 saturated heterocycles. The van der Waals surface area contributed by atoms with E-state index in [0.717, 1.165) is 10.6 Å². The monoisotopic (exact) mass is 443 g/mol. The van der Waals surface area contributed by atoms with Crippen LogP contribution in [-0.4, -0.2) is 36.8 Å². The maximum absolute atomic E-state index is 12.6. The SMILES string of the molecule is COc1ccc(C(=O)Nc2cccc(SCC(=O)Nc3nc(C)cs3)c2)cc1OC. The number of hydrogen-bond acceptors (Lipinski definition) is 7. The van der Waals surface area contributed by atoms with Crippen molar-refractivity contribution in [2.45, 2.75) is 11.8 Å². The van der Waals surface area contributed by atoms with Crippen LogP contribution < -0.4 is 20.1 Å². The van der Waals surface area contributed by atoms with Gasteiger partial charge in [0, 0.05) is 21.5 Å². The zero-order valence-electron chi connectivity index (χ0n) is 16.7. The number of methoxy groups -OCH3 is 2. The molecule has 0 atom stereocenters. The topological polar surface area (TPSA) is 89.5 Å². The number of carbonyl (C=O) groups is 2. The van der Waals surface area contributed by atoms with Crippen molar-refractivity contribution >= 4 is 45.7 Å². The molecular weight excluding hydrogens is 422 g/mol. The molecule has 1 aromatic heterocycles. The number of amides is 2. The van der Waals surface area contributed by atoms with Crippen molar-refractivity contribution in [3.8, 4) is 11.5 Å². The molecule has 156 valence electrons. The van der Waals surface area contributed by atoms with E-state index in [4.69, 9.17) is 9.47 Å². The molecule has 0 aliphatic heterocycles. The first kappa shape index (κ1) is 21.7. The molecule has 2 N–H and O–H groups in total. The normalized spacial score (nSPS) is 10.4. The van der Waals surface area contributed by atoms with E-state index in [1.165, 1.54) is 30.2 Å². The number of hydrogen-bond donors (Lipinski definition) is 2. The fourth-order valence-electron chi connectivity index (χ4n) is 2.56. The van der Waals surface area contributed by atoms with Gasteiger partial charge in [-0.2, -0.15) is 0 Å². The van der Waals surface area contributed by atoms with Crippen molar-refractivity contribution in [3.63, 3.8) is 0 Å². The number of rotatable bonds is 8. The Morgan fingerprint density at radius 3 is 2.57 bits per heavy atom. The van der Waals surface area contributed by atoms with Crippen LogP contribution in [0.4, 0.5) is 10.8 Å². The van der Waals surface area contributed by atoms with Crippen molar-refractivity contribution < 1.29 is 19.1 Å². The Balaban J connectivity index is 1.59. The molecule has 0 radical (unpaired) electrons. The second-order valence-corrected chi connectivity index (χ2v) is 8.09. The highest BCUT2D eigenvalue weighted by molar-refractivity contribution is 8.00. The van der Waals surface area contributed by atoms with Gasteiger partial charge in [-0.05, 0) is 43.3 Å². The third kappa shape index (κ3) is 5.74. The Morgan fingerprint density at radius 2 is 1.87 bits per heavy atom. The molecule has 3 aromatic rings. The molecule has 9 heteroatoms. The zero-order valence-corrected chi connectivity index (χ0v) is 18.4. The van der Waals surface area contributed by atoms with Crippen molar-refractivity contribution in [2.24, 2.45) is 0 Å². The van der Waals surface area contributed by atoms with Crippen molar-refractivity contribution in [1.82, 2.24) is 4.98 Å². The number of anilines is 2. The molecule has 7 nitrogen and oxygen atoms in total. The summed E-state index contributed by atoms with van der Waals surface area (Å²) in [5.74, 6) is 0.879. The highest BCUT2D eigenvalue weighted by atomic mass is 32.2. The smallest absolute Gasteiger partial charge is 0.255 e. The Hall–Kier alpha value is -3.04. The van der Waals surface area contributed by atoms with Gasteiger partial charge in [0.1, 0.15) is 0 Å². The van der Waals surface area contributed by atoms with Gasteiger partial charge in [-0.15, -0.1) is 23.1 Å². The summed E-state index contributed by atoms with van der Waals surface area (Å²) in [6.45, 7) is 1.88. The van der Waals surface area contributed by atoms with Crippen LogP contribution in [0.25, 0.3) is 0 Å². The summed E-state index contributed by atoms with van der Waals surface area (Å²) in [6.07, 6.45) is 0. The molecule has 3 rings (SSSR count). The van der Waals surface area contributed by atoms with Gasteiger partial charge in [0.05, 0.1) is 25.7 Å². The Bertz CT molecular complexity index is 1050. The van der Waals surface area contributed by atoms with Crippen LogP contribution in [0.5, 0.6) is 11.5 Å². The van der Waals surface area contributed by atoms with E-state index in [-0.39, 0.29) is 17.6 Å². The van der Waals surface area contributed by atoms with Gasteiger partial charge < -0.3 is 20.1 Å². The number of thiazole rings is 1. The molecule has 30 heavy (non-hydrogen) atoms. The van der Waals surface area contributed by atoms with Crippen LogP contribution in [0.15, 0.2) is 52.7 Å². The fraction of sp³-hybridized carbons (Fsp3) is 0.190. The number of nitrogens with zero attached hydrogens (tertiary/aromatic N) is 1. The second kappa shape index (κ2) is 10.1. The standard InChI is InChI=1S/C21H21N3O4S2/c1-13-11-30-21(22-13)24-19(25)12-29-16-6-4-5-15(10-16)23-20(26)14-7-8-17(27-2)18(9-14)28-3/h4-11H,12H2,1-3H3,(H,23,26)(H,22,24,25). The first-order valence-electron chi connectivity index (χ1n) is 8.96. The summed E-state index contributed by atoms with van der Waals surface area (Å²) in [5.41, 5.74) is 1.96. The van der Waals surface area contributed by atoms with E-state index in [1.807, 2.05) is 30.5 Å². The Morgan fingerprint density at radius 1 is 1.07 bits per heavy atom. The molecule has 0 bridgehead atoms. The fourth-order valence-corrected chi connectivity index (χ4v) is 4.02. The summed E-state index contributed by atoms with van der Waals surface area (Å²) in [6, 6.07) is 12.3. The molecule has 2 aromatic carbocycles. The zero-order chi connectivity index (χ0) is 21.5. The summed E-state index contributed by atoms with van der Waals surface area (Å²) in [5, 5.41) is 8.11. The van der Waals surface area contributed by atoms with E-state index in [9.17, 15) is 9.59 Å². The van der Waals surface area contributed by atoms with Crippen LogP contribution in [0.2, 0.25) is 0 Å². The van der Waals surface area contributed by atoms with E-state index in [0.29, 0.717) is 27.9 Å². The molecule has 2 amide bonds. The van der Waals surface area contributed by atoms with Gasteiger partial charge in [-0.3, -0.25) is 9.59 Å². The van der Waals surface area contributed by atoms with Gasteiger partial charge >= 0.3 is 0 Å². The number of aryl methyl sites for hydroxylation is 1. The minimum absolute atomic E-state index is 0.130. The molecular formula is C21H21N3O4S2. The number of nitrogens with one attached hydrogen (secondary N) is 2. The number of carbonyl (C=O) groups excluding carboxylic acids is 2. The number of aromatic nitrogens is 1. The van der Waals surface area contributed by atoms with E-state index in [2.05, 4.69) is 15.6 Å². The van der Waals surface area contributed by atoms with Gasteiger partial charge in [0.25, 0.3) is 5.91 Å². The first-order valence-corrected chi connectivity index (χ1v) is 10.8. The van der Waals surface area contributed by atoms with Crippen molar-refractivity contribution in [1.29, 1.82) is 0 Å². The van der Waals surface area contributed by atoms with Crippen molar-refractivity contribution in [3.05, 3.63) is 59.1 Å². The number of ether oxygens (including phenoxy) is 2. The van der Waals surface area contributed by atoms with Crippen LogP contribution in [0.1, 0.15) is 16.1 Å². The highest BCUT2D eigenvalue weighted by Gasteiger charge is 2.12. The average Bonchev–Trinajstić information content (AvgIpc) is 3.16. The molecule has 0 fully saturated rings. The number of thioether (sulfide) groups is 1. The van der Waals surface area contributed by atoms with Gasteiger partial charge in [-0.1, -0.05) is 6.07 Å². The molecule has 0 aliphatic rings. The van der Waals surface area contributed by atoms with E-state index < -0.39 is 0 Å². The van der Waals surface area contributed by atoms with E-state index in [1.54, 1.807) is 31.4 Å². The molecule has 0 aliphatic carbocycles. The van der Waals surface area contributed by atoms with E-state index >= 15 is 0 Å². The summed E-state index contributed by atoms with van der Waals surface area (Å²) in [4.78, 5) is 29.8. The minimum Gasteiger partial charge on any atom is -0.493 e. The lowest BCUT2D eigenvalue weighted by Gasteiger charge is -2.10. The van der Waals surface area contributed by atoms with Gasteiger partial charge in [0.15, 0.2) is 16.6 Å². The maximum atomic E-state index is 12.6. The predicted molar refractivity (Wildman–Crippen MR) is 120 cm³/mol. The third-order valence-corrected chi connectivity index (χ3v) is 5.84. The molecule has 0 saturated carbocycles. The average molecular weight is 444 g/mol. The minimum atomic E-state index is -0.269. The quantitative estimate of drug-likeness (QED) is 0.500. The van der Waals surface area contributed by atoms with Crippen LogP contribution >= 0.6 is 23.1 Å². The second-order valence-electron chi connectivity index (χ2n) is 6.18. The summed E-state index contributed by atoms with van der Waals surface area (Å²) in [7, 11) is 3.06. The molecule has 0 unspecified atom stereocenters. The maximum Gasteiger partial charge on any atom is 0.255 e. The first-order chi connectivity index (χ1) is 14.5. The van der Waals surface area contributed by atoms with Gasteiger partial charge in [0.2, 0.25) is 5.91 Å². The lowest BCUT2D eigenvalue weighted by atomic mass is 10.2. The highest BCUT2D eigenvalue weighted by Crippen LogP contribution is 2.28. The van der Waals surface area contributed by atoms with Crippen molar-refractivity contribution in [2.75, 3.05) is 30.6 Å². The molecule has 0 spiro atoms. The molecule has 1 heterocycles. The Labute approximate surface area is 182 Å². The van der Waals surface area contributed by atoms with Crippen LogP contribution in [0, 0.1) is 6.92 Å². The summed E-state index contributed by atoms with van der Waals surface area (Å²) < 4.78 is 10.4. The predicted octanol–water partition coefficient (Wildman–Crippen LogP) is 4.45. The number of benzene rings is 2.